The molecular weight excluding hydrogens is 314 g/mol. The standard InChI is InChI=1S/C15H21N5O2S/c1-9(7-20-11(3)5-10(2)19-20)6-16-14(22)13-8-23-15(18-13)17-12(4)21/h5,8-9H,6-7H2,1-4H3,(H,16,22)(H,17,18,21). The SMILES string of the molecule is CC(=O)Nc1nc(C(=O)NCC(C)Cn2nc(C)cc2C)cs1. The Morgan fingerprint density at radius 1 is 1.39 bits per heavy atom. The van der Waals surface area contributed by atoms with E-state index in [0.717, 1.165) is 17.9 Å². The minimum absolute atomic E-state index is 0.204. The number of thiazole rings is 1. The summed E-state index contributed by atoms with van der Waals surface area (Å²) in [6.07, 6.45) is 0. The van der Waals surface area contributed by atoms with Crippen molar-refractivity contribution >= 4 is 28.3 Å². The van der Waals surface area contributed by atoms with E-state index in [1.165, 1.54) is 18.3 Å². The van der Waals surface area contributed by atoms with Crippen LogP contribution in [0.2, 0.25) is 0 Å². The number of hydrogen-bond donors (Lipinski definition) is 2. The lowest BCUT2D eigenvalue weighted by atomic mass is 10.2. The van der Waals surface area contributed by atoms with Crippen molar-refractivity contribution in [1.82, 2.24) is 20.1 Å². The Morgan fingerprint density at radius 2 is 2.13 bits per heavy atom. The van der Waals surface area contributed by atoms with E-state index in [1.54, 1.807) is 5.38 Å². The zero-order valence-corrected chi connectivity index (χ0v) is 14.5. The predicted molar refractivity (Wildman–Crippen MR) is 89.6 cm³/mol. The molecule has 0 spiro atoms. The van der Waals surface area contributed by atoms with Gasteiger partial charge in [-0.3, -0.25) is 14.3 Å². The molecule has 0 aliphatic carbocycles. The maximum atomic E-state index is 12.1. The van der Waals surface area contributed by atoms with Crippen LogP contribution in [0.15, 0.2) is 11.4 Å². The van der Waals surface area contributed by atoms with Crippen molar-refractivity contribution in [2.75, 3.05) is 11.9 Å². The van der Waals surface area contributed by atoms with Crippen molar-refractivity contribution in [1.29, 1.82) is 0 Å². The molecule has 2 aromatic heterocycles. The number of carbonyl (C=O) groups excluding carboxylic acids is 2. The first-order valence-electron chi connectivity index (χ1n) is 7.37. The highest BCUT2D eigenvalue weighted by Crippen LogP contribution is 2.15. The lowest BCUT2D eigenvalue weighted by molar-refractivity contribution is -0.114. The first-order valence-corrected chi connectivity index (χ1v) is 8.25. The fraction of sp³-hybridized carbons (Fsp3) is 0.467. The molecule has 2 amide bonds. The third-order valence-corrected chi connectivity index (χ3v) is 3.98. The van der Waals surface area contributed by atoms with Gasteiger partial charge < -0.3 is 10.6 Å². The molecule has 2 aromatic rings. The molecule has 0 aliphatic heterocycles. The van der Waals surface area contributed by atoms with Crippen LogP contribution in [-0.4, -0.2) is 33.1 Å². The maximum Gasteiger partial charge on any atom is 0.270 e. The van der Waals surface area contributed by atoms with Crippen molar-refractivity contribution in [3.8, 4) is 0 Å². The lowest BCUT2D eigenvalue weighted by Gasteiger charge is -2.13. The summed E-state index contributed by atoms with van der Waals surface area (Å²) in [6, 6.07) is 2.03. The molecular formula is C15H21N5O2S. The molecule has 0 saturated carbocycles. The fourth-order valence-electron chi connectivity index (χ4n) is 2.16. The zero-order chi connectivity index (χ0) is 17.0. The van der Waals surface area contributed by atoms with Gasteiger partial charge in [-0.05, 0) is 25.8 Å². The quantitative estimate of drug-likeness (QED) is 0.845. The average molecular weight is 335 g/mol. The number of hydrogen-bond acceptors (Lipinski definition) is 5. The number of aryl methyl sites for hydroxylation is 2. The summed E-state index contributed by atoms with van der Waals surface area (Å²) < 4.78 is 1.95. The van der Waals surface area contributed by atoms with E-state index in [0.29, 0.717) is 17.4 Å². The molecule has 7 nitrogen and oxygen atoms in total. The van der Waals surface area contributed by atoms with E-state index in [2.05, 4.69) is 27.6 Å². The van der Waals surface area contributed by atoms with E-state index >= 15 is 0 Å². The van der Waals surface area contributed by atoms with Gasteiger partial charge in [-0.25, -0.2) is 4.98 Å². The van der Waals surface area contributed by atoms with E-state index in [1.807, 2.05) is 24.6 Å². The van der Waals surface area contributed by atoms with Crippen LogP contribution < -0.4 is 10.6 Å². The normalized spacial score (nSPS) is 12.0. The highest BCUT2D eigenvalue weighted by molar-refractivity contribution is 7.14. The molecule has 0 aromatic carbocycles. The maximum absolute atomic E-state index is 12.1. The van der Waals surface area contributed by atoms with Gasteiger partial charge >= 0.3 is 0 Å². The second-order valence-corrected chi connectivity index (χ2v) is 6.50. The Hall–Kier alpha value is -2.22. The molecule has 0 aliphatic rings. The monoisotopic (exact) mass is 335 g/mol. The number of nitrogens with one attached hydrogen (secondary N) is 2. The van der Waals surface area contributed by atoms with Crippen molar-refractivity contribution in [3.63, 3.8) is 0 Å². The summed E-state index contributed by atoms with van der Waals surface area (Å²) >= 11 is 1.23. The van der Waals surface area contributed by atoms with Crippen LogP contribution in [0.1, 0.15) is 35.7 Å². The topological polar surface area (TPSA) is 88.9 Å². The number of anilines is 1. The summed E-state index contributed by atoms with van der Waals surface area (Å²) in [6.45, 7) is 8.72. The molecule has 23 heavy (non-hydrogen) atoms. The molecule has 2 N–H and O–H groups in total. The summed E-state index contributed by atoms with van der Waals surface area (Å²) in [5.41, 5.74) is 2.42. The second-order valence-electron chi connectivity index (χ2n) is 5.64. The number of nitrogens with zero attached hydrogens (tertiary/aromatic N) is 3. The Balaban J connectivity index is 1.84. The third-order valence-electron chi connectivity index (χ3n) is 3.22. The lowest BCUT2D eigenvalue weighted by Crippen LogP contribution is -2.30. The molecule has 2 heterocycles. The summed E-state index contributed by atoms with van der Waals surface area (Å²) in [5.74, 6) is -0.201. The van der Waals surface area contributed by atoms with E-state index in [4.69, 9.17) is 0 Å². The van der Waals surface area contributed by atoms with Crippen molar-refractivity contribution < 1.29 is 9.59 Å². The van der Waals surface area contributed by atoms with Gasteiger partial charge in [0, 0.05) is 31.1 Å². The van der Waals surface area contributed by atoms with Crippen LogP contribution in [0.3, 0.4) is 0 Å². The van der Waals surface area contributed by atoms with E-state index in [9.17, 15) is 9.59 Å². The molecule has 1 unspecified atom stereocenters. The van der Waals surface area contributed by atoms with Gasteiger partial charge in [-0.1, -0.05) is 6.92 Å². The Labute approximate surface area is 139 Å². The van der Waals surface area contributed by atoms with Crippen LogP contribution in [0.5, 0.6) is 0 Å². The molecule has 8 heteroatoms. The highest BCUT2D eigenvalue weighted by Gasteiger charge is 2.13. The summed E-state index contributed by atoms with van der Waals surface area (Å²) in [7, 11) is 0. The molecule has 1 atom stereocenters. The van der Waals surface area contributed by atoms with Crippen molar-refractivity contribution in [3.05, 3.63) is 28.5 Å². The van der Waals surface area contributed by atoms with Crippen LogP contribution in [0.4, 0.5) is 5.13 Å². The zero-order valence-electron chi connectivity index (χ0n) is 13.7. The van der Waals surface area contributed by atoms with Crippen LogP contribution in [0.25, 0.3) is 0 Å². The van der Waals surface area contributed by atoms with Gasteiger partial charge in [-0.15, -0.1) is 11.3 Å². The minimum atomic E-state index is -0.238. The Morgan fingerprint density at radius 3 is 2.74 bits per heavy atom. The van der Waals surface area contributed by atoms with Gasteiger partial charge in [0.15, 0.2) is 5.13 Å². The molecule has 0 bridgehead atoms. The van der Waals surface area contributed by atoms with Crippen LogP contribution in [-0.2, 0) is 11.3 Å². The number of rotatable bonds is 6. The largest absolute Gasteiger partial charge is 0.350 e. The molecule has 124 valence electrons. The van der Waals surface area contributed by atoms with E-state index < -0.39 is 0 Å². The molecule has 0 saturated heterocycles. The van der Waals surface area contributed by atoms with E-state index in [-0.39, 0.29) is 17.7 Å². The van der Waals surface area contributed by atoms with Gasteiger partial charge in [-0.2, -0.15) is 5.10 Å². The molecule has 0 fully saturated rings. The first-order chi connectivity index (χ1) is 10.8. The average Bonchev–Trinajstić information content (AvgIpc) is 3.03. The van der Waals surface area contributed by atoms with Gasteiger partial charge in [0.25, 0.3) is 5.91 Å². The van der Waals surface area contributed by atoms with Crippen molar-refractivity contribution in [2.45, 2.75) is 34.2 Å². The van der Waals surface area contributed by atoms with Crippen molar-refractivity contribution in [2.24, 2.45) is 5.92 Å². The predicted octanol–water partition coefficient (Wildman–Crippen LogP) is 1.98. The highest BCUT2D eigenvalue weighted by atomic mass is 32.1. The number of carbonyl (C=O) groups is 2. The van der Waals surface area contributed by atoms with Crippen LogP contribution >= 0.6 is 11.3 Å². The number of aromatic nitrogens is 3. The second kappa shape index (κ2) is 7.36. The molecule has 2 rings (SSSR count). The van der Waals surface area contributed by atoms with Gasteiger partial charge in [0.2, 0.25) is 5.91 Å². The van der Waals surface area contributed by atoms with Gasteiger partial charge in [0.05, 0.1) is 5.69 Å². The fourth-order valence-corrected chi connectivity index (χ4v) is 2.90. The first kappa shape index (κ1) is 17.1. The molecule has 0 radical (unpaired) electrons. The summed E-state index contributed by atoms with van der Waals surface area (Å²) in [5, 5.41) is 11.9. The third kappa shape index (κ3) is 4.88. The number of amides is 2. The van der Waals surface area contributed by atoms with Crippen LogP contribution in [0, 0.1) is 19.8 Å². The van der Waals surface area contributed by atoms with Gasteiger partial charge in [0.1, 0.15) is 5.69 Å². The summed E-state index contributed by atoms with van der Waals surface area (Å²) in [4.78, 5) is 27.1. The Bertz CT molecular complexity index is 707. The minimum Gasteiger partial charge on any atom is -0.350 e. The smallest absolute Gasteiger partial charge is 0.270 e. The Kier molecular flexibility index (Phi) is 5.49.